The molecule has 3 heteroatoms. The highest BCUT2D eigenvalue weighted by molar-refractivity contribution is 5.97. The van der Waals surface area contributed by atoms with Gasteiger partial charge in [-0.2, -0.15) is 0 Å². The monoisotopic (exact) mass is 204 g/mol. The molecule has 15 heavy (non-hydrogen) atoms. The zero-order valence-corrected chi connectivity index (χ0v) is 8.73. The standard InChI is InChI=1S/C12H16N2O/c13-11-6-7-14(8-11)9-12(15)10-4-2-1-3-5-10/h1-5,11H,6-9,13H2. The van der Waals surface area contributed by atoms with Crippen molar-refractivity contribution < 1.29 is 4.79 Å². The summed E-state index contributed by atoms with van der Waals surface area (Å²) in [5, 5.41) is 0. The second-order valence-corrected chi connectivity index (χ2v) is 4.07. The molecule has 3 nitrogen and oxygen atoms in total. The quantitative estimate of drug-likeness (QED) is 0.744. The highest BCUT2D eigenvalue weighted by Crippen LogP contribution is 2.08. The van der Waals surface area contributed by atoms with Crippen LogP contribution in [-0.4, -0.2) is 36.4 Å². The number of benzene rings is 1. The van der Waals surface area contributed by atoms with E-state index in [4.69, 9.17) is 5.73 Å². The highest BCUT2D eigenvalue weighted by Gasteiger charge is 2.21. The predicted octanol–water partition coefficient (Wildman–Crippen LogP) is 0.902. The van der Waals surface area contributed by atoms with E-state index in [-0.39, 0.29) is 11.8 Å². The van der Waals surface area contributed by atoms with Gasteiger partial charge in [-0.15, -0.1) is 0 Å². The fourth-order valence-corrected chi connectivity index (χ4v) is 1.92. The molecule has 1 heterocycles. The van der Waals surface area contributed by atoms with Crippen molar-refractivity contribution in [1.29, 1.82) is 0 Å². The third-order valence-electron chi connectivity index (χ3n) is 2.77. The van der Waals surface area contributed by atoms with Crippen LogP contribution < -0.4 is 5.73 Å². The number of nitrogens with two attached hydrogens (primary N) is 1. The lowest BCUT2D eigenvalue weighted by Crippen LogP contribution is -2.30. The molecule has 1 fully saturated rings. The molecule has 0 radical (unpaired) electrons. The fourth-order valence-electron chi connectivity index (χ4n) is 1.92. The van der Waals surface area contributed by atoms with Crippen LogP contribution in [0.3, 0.4) is 0 Å². The zero-order chi connectivity index (χ0) is 10.7. The van der Waals surface area contributed by atoms with Gasteiger partial charge in [-0.05, 0) is 6.42 Å². The van der Waals surface area contributed by atoms with Crippen LogP contribution in [0, 0.1) is 0 Å². The van der Waals surface area contributed by atoms with Gasteiger partial charge in [0.05, 0.1) is 6.54 Å². The fraction of sp³-hybridized carbons (Fsp3) is 0.417. The molecule has 1 unspecified atom stereocenters. The van der Waals surface area contributed by atoms with E-state index in [1.165, 1.54) is 0 Å². The van der Waals surface area contributed by atoms with Crippen molar-refractivity contribution in [2.75, 3.05) is 19.6 Å². The van der Waals surface area contributed by atoms with Crippen LogP contribution in [0.5, 0.6) is 0 Å². The Hall–Kier alpha value is -1.19. The molecule has 0 bridgehead atoms. The molecule has 0 aromatic heterocycles. The van der Waals surface area contributed by atoms with Gasteiger partial charge in [0.1, 0.15) is 0 Å². The molecule has 0 spiro atoms. The molecule has 0 aliphatic carbocycles. The summed E-state index contributed by atoms with van der Waals surface area (Å²) in [6, 6.07) is 9.67. The normalized spacial score (nSPS) is 21.8. The minimum absolute atomic E-state index is 0.185. The first-order chi connectivity index (χ1) is 7.25. The molecule has 80 valence electrons. The molecular formula is C12H16N2O. The lowest BCUT2D eigenvalue weighted by Gasteiger charge is -2.13. The lowest BCUT2D eigenvalue weighted by atomic mass is 10.1. The molecule has 1 aliphatic rings. The van der Waals surface area contributed by atoms with E-state index in [9.17, 15) is 4.79 Å². The minimum Gasteiger partial charge on any atom is -0.326 e. The Bertz CT molecular complexity index is 337. The summed E-state index contributed by atoms with van der Waals surface area (Å²) in [4.78, 5) is 13.9. The van der Waals surface area contributed by atoms with Crippen molar-refractivity contribution in [2.45, 2.75) is 12.5 Å². The van der Waals surface area contributed by atoms with Crippen molar-refractivity contribution in [3.8, 4) is 0 Å². The molecule has 1 aromatic carbocycles. The van der Waals surface area contributed by atoms with Crippen molar-refractivity contribution in [3.05, 3.63) is 35.9 Å². The molecule has 2 rings (SSSR count). The Morgan fingerprint density at radius 3 is 2.73 bits per heavy atom. The SMILES string of the molecule is NC1CCN(CC(=O)c2ccccc2)C1. The summed E-state index contributed by atoms with van der Waals surface area (Å²) in [6.45, 7) is 2.29. The third kappa shape index (κ3) is 2.64. The molecular weight excluding hydrogens is 188 g/mol. The van der Waals surface area contributed by atoms with Gasteiger partial charge < -0.3 is 5.73 Å². The van der Waals surface area contributed by atoms with Crippen LogP contribution in [0.25, 0.3) is 0 Å². The number of Topliss-reactive ketones (excluding diaryl/α,β-unsaturated/α-hetero) is 1. The maximum atomic E-state index is 11.8. The Morgan fingerprint density at radius 1 is 1.40 bits per heavy atom. The van der Waals surface area contributed by atoms with E-state index in [0.29, 0.717) is 6.54 Å². The van der Waals surface area contributed by atoms with Crippen molar-refractivity contribution in [1.82, 2.24) is 4.90 Å². The Kier molecular flexibility index (Phi) is 3.14. The number of nitrogens with zero attached hydrogens (tertiary/aromatic N) is 1. The van der Waals surface area contributed by atoms with Gasteiger partial charge in [0.25, 0.3) is 0 Å². The lowest BCUT2D eigenvalue weighted by molar-refractivity contribution is 0.0945. The first-order valence-corrected chi connectivity index (χ1v) is 5.32. The summed E-state index contributed by atoms with van der Waals surface area (Å²) in [5.41, 5.74) is 6.58. The van der Waals surface area contributed by atoms with E-state index in [1.54, 1.807) is 0 Å². The van der Waals surface area contributed by atoms with Crippen LogP contribution >= 0.6 is 0 Å². The number of hydrogen-bond donors (Lipinski definition) is 1. The predicted molar refractivity (Wildman–Crippen MR) is 59.8 cm³/mol. The topological polar surface area (TPSA) is 46.3 Å². The molecule has 1 atom stereocenters. The number of rotatable bonds is 3. The number of ketones is 1. The average Bonchev–Trinajstić information content (AvgIpc) is 2.65. The van der Waals surface area contributed by atoms with Crippen molar-refractivity contribution in [2.24, 2.45) is 5.73 Å². The van der Waals surface area contributed by atoms with Crippen molar-refractivity contribution in [3.63, 3.8) is 0 Å². The highest BCUT2D eigenvalue weighted by atomic mass is 16.1. The summed E-state index contributed by atoms with van der Waals surface area (Å²) in [5.74, 6) is 0.185. The molecule has 0 saturated carbocycles. The maximum Gasteiger partial charge on any atom is 0.176 e. The number of likely N-dealkylation sites (tertiary alicyclic amines) is 1. The van der Waals surface area contributed by atoms with E-state index in [0.717, 1.165) is 25.1 Å². The Morgan fingerprint density at radius 2 is 2.13 bits per heavy atom. The van der Waals surface area contributed by atoms with E-state index >= 15 is 0 Å². The molecule has 1 aromatic rings. The number of carbonyl (C=O) groups is 1. The first-order valence-electron chi connectivity index (χ1n) is 5.32. The number of carbonyl (C=O) groups excluding carboxylic acids is 1. The van der Waals surface area contributed by atoms with Crippen LogP contribution in [0.1, 0.15) is 16.8 Å². The van der Waals surface area contributed by atoms with Gasteiger partial charge in [-0.1, -0.05) is 30.3 Å². The van der Waals surface area contributed by atoms with Gasteiger partial charge in [-0.3, -0.25) is 9.69 Å². The van der Waals surface area contributed by atoms with Gasteiger partial charge in [0.15, 0.2) is 5.78 Å². The van der Waals surface area contributed by atoms with Crippen LogP contribution in [-0.2, 0) is 0 Å². The summed E-state index contributed by atoms with van der Waals surface area (Å²) < 4.78 is 0. The number of hydrogen-bond acceptors (Lipinski definition) is 3. The van der Waals surface area contributed by atoms with Gasteiger partial charge in [-0.25, -0.2) is 0 Å². The Labute approximate surface area is 89.9 Å². The summed E-state index contributed by atoms with van der Waals surface area (Å²) >= 11 is 0. The summed E-state index contributed by atoms with van der Waals surface area (Å²) in [7, 11) is 0. The van der Waals surface area contributed by atoms with Gasteiger partial charge >= 0.3 is 0 Å². The Balaban J connectivity index is 1.93. The smallest absolute Gasteiger partial charge is 0.176 e. The van der Waals surface area contributed by atoms with E-state index in [1.807, 2.05) is 30.3 Å². The van der Waals surface area contributed by atoms with E-state index < -0.39 is 0 Å². The second kappa shape index (κ2) is 4.55. The average molecular weight is 204 g/mol. The third-order valence-corrected chi connectivity index (χ3v) is 2.77. The molecule has 1 aliphatic heterocycles. The van der Waals surface area contributed by atoms with Crippen LogP contribution in [0.2, 0.25) is 0 Å². The zero-order valence-electron chi connectivity index (χ0n) is 8.73. The second-order valence-electron chi connectivity index (χ2n) is 4.07. The van der Waals surface area contributed by atoms with Gasteiger partial charge in [0, 0.05) is 24.7 Å². The van der Waals surface area contributed by atoms with E-state index in [2.05, 4.69) is 4.90 Å². The van der Waals surface area contributed by atoms with Crippen LogP contribution in [0.15, 0.2) is 30.3 Å². The van der Waals surface area contributed by atoms with Crippen molar-refractivity contribution >= 4 is 5.78 Å². The van der Waals surface area contributed by atoms with Crippen LogP contribution in [0.4, 0.5) is 0 Å². The maximum absolute atomic E-state index is 11.8. The minimum atomic E-state index is 0.185. The molecule has 2 N–H and O–H groups in total. The first kappa shape index (κ1) is 10.3. The molecule has 1 saturated heterocycles. The molecule has 0 amide bonds. The largest absolute Gasteiger partial charge is 0.326 e. The summed E-state index contributed by atoms with van der Waals surface area (Å²) in [6.07, 6.45) is 1.00. The van der Waals surface area contributed by atoms with Gasteiger partial charge in [0.2, 0.25) is 0 Å².